The number of imidazole rings is 1. The SMILES string of the molecule is c1ccc(-c2nc3nc4ccccc4n3nc2-c2ccccc2)cc1. The molecular weight excluding hydrogens is 308 g/mol. The number of aromatic nitrogens is 4. The summed E-state index contributed by atoms with van der Waals surface area (Å²) in [5.41, 5.74) is 5.61. The number of para-hydroxylation sites is 2. The monoisotopic (exact) mass is 322 g/mol. The van der Waals surface area contributed by atoms with Crippen LogP contribution in [0.25, 0.3) is 39.3 Å². The second-order valence-electron chi connectivity index (χ2n) is 5.85. The molecule has 0 aliphatic rings. The second kappa shape index (κ2) is 5.53. The Bertz CT molecular complexity index is 1180. The maximum atomic E-state index is 4.90. The molecule has 0 unspecified atom stereocenters. The summed E-state index contributed by atoms with van der Waals surface area (Å²) >= 11 is 0. The van der Waals surface area contributed by atoms with Crippen molar-refractivity contribution in [1.29, 1.82) is 0 Å². The van der Waals surface area contributed by atoms with Gasteiger partial charge >= 0.3 is 0 Å². The lowest BCUT2D eigenvalue weighted by Crippen LogP contribution is -2.01. The number of fused-ring (bicyclic) bond motifs is 3. The van der Waals surface area contributed by atoms with Gasteiger partial charge in [-0.3, -0.25) is 0 Å². The minimum Gasteiger partial charge on any atom is -0.209 e. The molecule has 0 fully saturated rings. The van der Waals surface area contributed by atoms with E-state index in [9.17, 15) is 0 Å². The van der Waals surface area contributed by atoms with Crippen LogP contribution in [-0.4, -0.2) is 19.6 Å². The zero-order chi connectivity index (χ0) is 16.6. The topological polar surface area (TPSA) is 43.1 Å². The predicted molar refractivity (Wildman–Crippen MR) is 99.2 cm³/mol. The molecule has 2 heterocycles. The molecule has 4 heteroatoms. The number of hydrogen-bond acceptors (Lipinski definition) is 3. The first-order chi connectivity index (χ1) is 12.4. The Labute approximate surface area is 144 Å². The third-order valence-corrected chi connectivity index (χ3v) is 4.25. The Balaban J connectivity index is 1.89. The van der Waals surface area contributed by atoms with Gasteiger partial charge in [-0.2, -0.15) is 9.61 Å². The third-order valence-electron chi connectivity index (χ3n) is 4.25. The van der Waals surface area contributed by atoms with E-state index >= 15 is 0 Å². The van der Waals surface area contributed by atoms with E-state index in [2.05, 4.69) is 29.2 Å². The Hall–Kier alpha value is -3.53. The molecule has 0 aliphatic carbocycles. The van der Waals surface area contributed by atoms with E-state index in [4.69, 9.17) is 10.1 Å². The molecule has 0 saturated heterocycles. The molecule has 25 heavy (non-hydrogen) atoms. The van der Waals surface area contributed by atoms with Crippen molar-refractivity contribution < 1.29 is 0 Å². The van der Waals surface area contributed by atoms with Gasteiger partial charge in [-0.1, -0.05) is 72.8 Å². The van der Waals surface area contributed by atoms with Gasteiger partial charge in [-0.25, -0.2) is 9.97 Å². The molecule has 5 rings (SSSR count). The minimum atomic E-state index is 0.611. The average molecular weight is 322 g/mol. The molecule has 0 radical (unpaired) electrons. The third kappa shape index (κ3) is 2.27. The molecule has 5 aromatic rings. The van der Waals surface area contributed by atoms with Gasteiger partial charge in [0.2, 0.25) is 0 Å². The lowest BCUT2D eigenvalue weighted by molar-refractivity contribution is 0.938. The minimum absolute atomic E-state index is 0.611. The molecule has 0 saturated carbocycles. The van der Waals surface area contributed by atoms with Crippen LogP contribution < -0.4 is 0 Å². The number of rotatable bonds is 2. The summed E-state index contributed by atoms with van der Waals surface area (Å²) in [6, 6.07) is 28.2. The van der Waals surface area contributed by atoms with Crippen LogP contribution >= 0.6 is 0 Å². The zero-order valence-electron chi connectivity index (χ0n) is 13.4. The van der Waals surface area contributed by atoms with Gasteiger partial charge in [-0.05, 0) is 12.1 Å². The van der Waals surface area contributed by atoms with Crippen molar-refractivity contribution >= 4 is 16.8 Å². The number of benzene rings is 3. The van der Waals surface area contributed by atoms with E-state index in [1.165, 1.54) is 0 Å². The highest BCUT2D eigenvalue weighted by molar-refractivity contribution is 5.82. The Morgan fingerprint density at radius 1 is 0.560 bits per heavy atom. The van der Waals surface area contributed by atoms with Crippen LogP contribution in [0.5, 0.6) is 0 Å². The van der Waals surface area contributed by atoms with Crippen molar-refractivity contribution in [1.82, 2.24) is 19.6 Å². The van der Waals surface area contributed by atoms with Gasteiger partial charge in [0, 0.05) is 11.1 Å². The molecule has 0 spiro atoms. The Morgan fingerprint density at radius 2 is 1.16 bits per heavy atom. The highest BCUT2D eigenvalue weighted by atomic mass is 15.3. The maximum absolute atomic E-state index is 4.90. The van der Waals surface area contributed by atoms with Crippen LogP contribution in [0.15, 0.2) is 84.9 Å². The van der Waals surface area contributed by atoms with Crippen molar-refractivity contribution in [3.05, 3.63) is 84.9 Å². The van der Waals surface area contributed by atoms with Crippen molar-refractivity contribution in [3.63, 3.8) is 0 Å². The zero-order valence-corrected chi connectivity index (χ0v) is 13.4. The highest BCUT2D eigenvalue weighted by Gasteiger charge is 2.15. The molecule has 3 aromatic carbocycles. The van der Waals surface area contributed by atoms with Gasteiger partial charge in [-0.15, -0.1) is 0 Å². The van der Waals surface area contributed by atoms with Crippen LogP contribution in [0.2, 0.25) is 0 Å². The lowest BCUT2D eigenvalue weighted by atomic mass is 10.0. The summed E-state index contributed by atoms with van der Waals surface area (Å²) in [4.78, 5) is 9.47. The average Bonchev–Trinajstić information content (AvgIpc) is 3.06. The van der Waals surface area contributed by atoms with E-state index in [0.717, 1.165) is 33.5 Å². The Kier molecular flexibility index (Phi) is 3.07. The largest absolute Gasteiger partial charge is 0.252 e. The Morgan fingerprint density at radius 3 is 1.88 bits per heavy atom. The van der Waals surface area contributed by atoms with Crippen molar-refractivity contribution in [2.45, 2.75) is 0 Å². The molecule has 0 aliphatic heterocycles. The van der Waals surface area contributed by atoms with E-state index in [0.29, 0.717) is 5.78 Å². The van der Waals surface area contributed by atoms with Crippen molar-refractivity contribution in [2.24, 2.45) is 0 Å². The van der Waals surface area contributed by atoms with Crippen LogP contribution in [0, 0.1) is 0 Å². The summed E-state index contributed by atoms with van der Waals surface area (Å²) in [6.07, 6.45) is 0. The molecule has 0 atom stereocenters. The molecule has 0 N–H and O–H groups in total. The molecule has 118 valence electrons. The molecule has 4 nitrogen and oxygen atoms in total. The van der Waals surface area contributed by atoms with E-state index < -0.39 is 0 Å². The van der Waals surface area contributed by atoms with Gasteiger partial charge in [0.15, 0.2) is 0 Å². The number of hydrogen-bond donors (Lipinski definition) is 0. The van der Waals surface area contributed by atoms with Gasteiger partial charge in [0.25, 0.3) is 5.78 Å². The van der Waals surface area contributed by atoms with Gasteiger partial charge in [0.1, 0.15) is 11.4 Å². The standard InChI is InChI=1S/C21H14N4/c1-3-9-15(10-4-1)19-20(16-11-5-2-6-12-16)24-25-18-14-8-7-13-17(18)22-21(25)23-19/h1-14H. The fourth-order valence-electron chi connectivity index (χ4n) is 3.06. The molecular formula is C21H14N4. The van der Waals surface area contributed by atoms with Gasteiger partial charge < -0.3 is 0 Å². The van der Waals surface area contributed by atoms with Crippen LogP contribution in [0.1, 0.15) is 0 Å². The molecule has 0 bridgehead atoms. The number of nitrogens with zero attached hydrogens (tertiary/aromatic N) is 4. The smallest absolute Gasteiger partial charge is 0.209 e. The summed E-state index contributed by atoms with van der Waals surface area (Å²) in [7, 11) is 0. The summed E-state index contributed by atoms with van der Waals surface area (Å²) in [5.74, 6) is 0.611. The summed E-state index contributed by atoms with van der Waals surface area (Å²) in [5, 5.41) is 4.90. The van der Waals surface area contributed by atoms with E-state index in [1.807, 2.05) is 65.2 Å². The first-order valence-electron chi connectivity index (χ1n) is 8.16. The highest BCUT2D eigenvalue weighted by Crippen LogP contribution is 2.29. The summed E-state index contributed by atoms with van der Waals surface area (Å²) < 4.78 is 1.82. The van der Waals surface area contributed by atoms with Crippen molar-refractivity contribution in [2.75, 3.05) is 0 Å². The first-order valence-corrected chi connectivity index (χ1v) is 8.16. The van der Waals surface area contributed by atoms with Crippen LogP contribution in [0.4, 0.5) is 0 Å². The first kappa shape index (κ1) is 13.9. The maximum Gasteiger partial charge on any atom is 0.252 e. The van der Waals surface area contributed by atoms with E-state index in [1.54, 1.807) is 0 Å². The summed E-state index contributed by atoms with van der Waals surface area (Å²) in [6.45, 7) is 0. The molecule has 0 amide bonds. The quantitative estimate of drug-likeness (QED) is 0.476. The predicted octanol–water partition coefficient (Wildman–Crippen LogP) is 4.61. The second-order valence-corrected chi connectivity index (χ2v) is 5.85. The fourth-order valence-corrected chi connectivity index (χ4v) is 3.06. The molecule has 2 aromatic heterocycles. The lowest BCUT2D eigenvalue weighted by Gasteiger charge is -2.09. The van der Waals surface area contributed by atoms with Crippen molar-refractivity contribution in [3.8, 4) is 22.5 Å². The normalized spacial score (nSPS) is 11.2. The van der Waals surface area contributed by atoms with E-state index in [-0.39, 0.29) is 0 Å². The van der Waals surface area contributed by atoms with Gasteiger partial charge in [0.05, 0.1) is 11.0 Å². The van der Waals surface area contributed by atoms with Crippen LogP contribution in [-0.2, 0) is 0 Å². The van der Waals surface area contributed by atoms with Crippen LogP contribution in [0.3, 0.4) is 0 Å². The fraction of sp³-hybridized carbons (Fsp3) is 0.